The highest BCUT2D eigenvalue weighted by molar-refractivity contribution is 9.08. The fourth-order valence-electron chi connectivity index (χ4n) is 2.72. The molecule has 0 fully saturated rings. The summed E-state index contributed by atoms with van der Waals surface area (Å²) in [6, 6.07) is 14.5. The average molecular weight is 453 g/mol. The van der Waals surface area contributed by atoms with Crippen LogP contribution in [0.3, 0.4) is 0 Å². The summed E-state index contributed by atoms with van der Waals surface area (Å²) in [4.78, 5) is 4.93. The van der Waals surface area contributed by atoms with E-state index in [0.29, 0.717) is 17.7 Å². The first kappa shape index (κ1) is 19.5. The number of hydrogen-bond acceptors (Lipinski definition) is 4. The van der Waals surface area contributed by atoms with E-state index in [1.54, 1.807) is 23.5 Å². The minimum Gasteiger partial charge on any atom is -0.239 e. The lowest BCUT2D eigenvalue weighted by Crippen LogP contribution is -2.29. The normalized spacial score (nSPS) is 13.4. The lowest BCUT2D eigenvalue weighted by Gasteiger charge is -2.18. The first-order chi connectivity index (χ1) is 12.4. The van der Waals surface area contributed by atoms with Crippen molar-refractivity contribution in [2.24, 2.45) is 5.92 Å². The number of nitrogens with zero attached hydrogens (tertiary/aromatic N) is 1. The van der Waals surface area contributed by atoms with Crippen LogP contribution in [0.1, 0.15) is 36.9 Å². The number of rotatable bonds is 7. The van der Waals surface area contributed by atoms with Crippen molar-refractivity contribution in [2.75, 3.05) is 0 Å². The van der Waals surface area contributed by atoms with E-state index in [1.807, 2.05) is 36.4 Å². The smallest absolute Gasteiger partial charge is 0.239 e. The van der Waals surface area contributed by atoms with E-state index >= 15 is 0 Å². The Kier molecular flexibility index (Phi) is 6.12. The molecular formula is C19H21BrN2O2S2. The van der Waals surface area contributed by atoms with Gasteiger partial charge < -0.3 is 0 Å². The topological polar surface area (TPSA) is 59.1 Å². The molecule has 3 rings (SSSR count). The van der Waals surface area contributed by atoms with Crippen molar-refractivity contribution in [2.45, 2.75) is 36.5 Å². The van der Waals surface area contributed by atoms with E-state index in [4.69, 9.17) is 0 Å². The summed E-state index contributed by atoms with van der Waals surface area (Å²) in [5.41, 5.74) is 1.94. The van der Waals surface area contributed by atoms with E-state index in [2.05, 4.69) is 39.5 Å². The predicted molar refractivity (Wildman–Crippen MR) is 111 cm³/mol. The SMILES string of the molecule is CC(C)CC(NS(=O)(=O)c1ccc(CBr)cc1)c1nc2ccccc2s1. The Labute approximate surface area is 166 Å². The molecule has 2 aromatic carbocycles. The Morgan fingerprint density at radius 3 is 2.42 bits per heavy atom. The number of nitrogens with one attached hydrogen (secondary N) is 1. The highest BCUT2D eigenvalue weighted by Gasteiger charge is 2.25. The molecule has 0 bridgehead atoms. The van der Waals surface area contributed by atoms with Crippen LogP contribution in [0.25, 0.3) is 10.2 Å². The summed E-state index contributed by atoms with van der Waals surface area (Å²) < 4.78 is 29.7. The lowest BCUT2D eigenvalue weighted by molar-refractivity contribution is 0.471. The number of para-hydroxylation sites is 1. The molecule has 0 spiro atoms. The van der Waals surface area contributed by atoms with Gasteiger partial charge in [-0.25, -0.2) is 18.1 Å². The minimum atomic E-state index is -3.61. The van der Waals surface area contributed by atoms with E-state index < -0.39 is 10.0 Å². The van der Waals surface area contributed by atoms with Gasteiger partial charge in [-0.3, -0.25) is 0 Å². The van der Waals surface area contributed by atoms with Gasteiger partial charge in [0.25, 0.3) is 0 Å². The highest BCUT2D eigenvalue weighted by atomic mass is 79.9. The molecule has 0 saturated heterocycles. The third kappa shape index (κ3) is 4.52. The standard InChI is InChI=1S/C19H21BrN2O2S2/c1-13(2)11-17(19-21-16-5-3-4-6-18(16)25-19)22-26(23,24)15-9-7-14(12-20)8-10-15/h3-10,13,17,22H,11-12H2,1-2H3. The molecule has 1 aromatic heterocycles. The molecule has 138 valence electrons. The van der Waals surface area contributed by atoms with Crippen LogP contribution < -0.4 is 4.72 Å². The maximum Gasteiger partial charge on any atom is 0.241 e. The largest absolute Gasteiger partial charge is 0.241 e. The zero-order valence-electron chi connectivity index (χ0n) is 14.6. The van der Waals surface area contributed by atoms with Gasteiger partial charge in [0, 0.05) is 5.33 Å². The molecule has 0 aliphatic heterocycles. The Morgan fingerprint density at radius 2 is 1.81 bits per heavy atom. The maximum absolute atomic E-state index is 12.9. The number of sulfonamides is 1. The fourth-order valence-corrected chi connectivity index (χ4v) is 5.42. The second-order valence-corrected chi connectivity index (χ2v) is 9.94. The molecule has 26 heavy (non-hydrogen) atoms. The summed E-state index contributed by atoms with van der Waals surface area (Å²) in [5.74, 6) is 0.338. The zero-order valence-corrected chi connectivity index (χ0v) is 17.9. The third-order valence-corrected chi connectivity index (χ3v) is 7.29. The van der Waals surface area contributed by atoms with Crippen LogP contribution in [-0.2, 0) is 15.4 Å². The van der Waals surface area contributed by atoms with Gasteiger partial charge in [0.05, 0.1) is 21.2 Å². The first-order valence-corrected chi connectivity index (χ1v) is 11.8. The lowest BCUT2D eigenvalue weighted by atomic mass is 10.1. The van der Waals surface area contributed by atoms with Crippen molar-refractivity contribution in [3.63, 3.8) is 0 Å². The highest BCUT2D eigenvalue weighted by Crippen LogP contribution is 2.31. The Hall–Kier alpha value is -1.28. The van der Waals surface area contributed by atoms with Gasteiger partial charge >= 0.3 is 0 Å². The Balaban J connectivity index is 1.92. The van der Waals surface area contributed by atoms with Crippen LogP contribution in [0.2, 0.25) is 0 Å². The Morgan fingerprint density at radius 1 is 1.12 bits per heavy atom. The van der Waals surface area contributed by atoms with E-state index in [9.17, 15) is 8.42 Å². The van der Waals surface area contributed by atoms with Crippen molar-refractivity contribution in [1.82, 2.24) is 9.71 Å². The molecule has 4 nitrogen and oxygen atoms in total. The van der Waals surface area contributed by atoms with Crippen molar-refractivity contribution >= 4 is 47.5 Å². The number of aromatic nitrogens is 1. The summed E-state index contributed by atoms with van der Waals surface area (Å²) in [6.07, 6.45) is 0.693. The van der Waals surface area contributed by atoms with Crippen molar-refractivity contribution in [3.05, 3.63) is 59.1 Å². The average Bonchev–Trinajstić information content (AvgIpc) is 3.05. The maximum atomic E-state index is 12.9. The van der Waals surface area contributed by atoms with Crippen LogP contribution in [0.15, 0.2) is 53.4 Å². The molecule has 0 saturated carbocycles. The number of thiazole rings is 1. The first-order valence-electron chi connectivity index (χ1n) is 8.42. The molecule has 1 N–H and O–H groups in total. The number of benzene rings is 2. The second kappa shape index (κ2) is 8.17. The fraction of sp³-hybridized carbons (Fsp3) is 0.316. The molecule has 0 amide bonds. The zero-order chi connectivity index (χ0) is 18.7. The molecule has 1 heterocycles. The molecule has 0 radical (unpaired) electrons. The molecule has 3 aromatic rings. The molecule has 1 atom stereocenters. The quantitative estimate of drug-likeness (QED) is 0.497. The van der Waals surface area contributed by atoms with E-state index in [1.165, 1.54) is 0 Å². The van der Waals surface area contributed by atoms with Gasteiger partial charge in [-0.1, -0.05) is 54.0 Å². The van der Waals surface area contributed by atoms with Crippen LogP contribution in [0, 0.1) is 5.92 Å². The number of halogens is 1. The Bertz CT molecular complexity index is 949. The summed E-state index contributed by atoms with van der Waals surface area (Å²) in [6.45, 7) is 4.17. The van der Waals surface area contributed by atoms with Gasteiger partial charge in [0.1, 0.15) is 5.01 Å². The van der Waals surface area contributed by atoms with E-state index in [0.717, 1.165) is 20.8 Å². The molecule has 7 heteroatoms. The molecule has 0 aliphatic rings. The molecular weight excluding hydrogens is 432 g/mol. The number of alkyl halides is 1. The van der Waals surface area contributed by atoms with Crippen LogP contribution >= 0.6 is 27.3 Å². The molecule has 0 aliphatic carbocycles. The van der Waals surface area contributed by atoms with Crippen molar-refractivity contribution < 1.29 is 8.42 Å². The van der Waals surface area contributed by atoms with Gasteiger partial charge in [0.15, 0.2) is 0 Å². The number of hydrogen-bond donors (Lipinski definition) is 1. The van der Waals surface area contributed by atoms with Crippen LogP contribution in [-0.4, -0.2) is 13.4 Å². The van der Waals surface area contributed by atoms with Gasteiger partial charge in [0.2, 0.25) is 10.0 Å². The minimum absolute atomic E-state index is 0.275. The van der Waals surface area contributed by atoms with Gasteiger partial charge in [-0.2, -0.15) is 0 Å². The van der Waals surface area contributed by atoms with E-state index in [-0.39, 0.29) is 10.9 Å². The monoisotopic (exact) mass is 452 g/mol. The van der Waals surface area contributed by atoms with Gasteiger partial charge in [-0.15, -0.1) is 11.3 Å². The summed E-state index contributed by atoms with van der Waals surface area (Å²) >= 11 is 4.92. The number of fused-ring (bicyclic) bond motifs is 1. The predicted octanol–water partition coefficient (Wildman–Crippen LogP) is 5.26. The van der Waals surface area contributed by atoms with Crippen LogP contribution in [0.4, 0.5) is 0 Å². The summed E-state index contributed by atoms with van der Waals surface area (Å²) in [5, 5.41) is 1.50. The second-order valence-electron chi connectivity index (χ2n) is 6.60. The summed E-state index contributed by atoms with van der Waals surface area (Å²) in [7, 11) is -3.61. The van der Waals surface area contributed by atoms with Gasteiger partial charge in [-0.05, 0) is 42.2 Å². The van der Waals surface area contributed by atoms with Crippen molar-refractivity contribution in [1.29, 1.82) is 0 Å². The van der Waals surface area contributed by atoms with Crippen molar-refractivity contribution in [3.8, 4) is 0 Å². The van der Waals surface area contributed by atoms with Crippen LogP contribution in [0.5, 0.6) is 0 Å². The third-order valence-electron chi connectivity index (χ3n) is 4.00. The molecule has 1 unspecified atom stereocenters.